The molecule has 0 aliphatic rings. The summed E-state index contributed by atoms with van der Waals surface area (Å²) in [6, 6.07) is 18.2. The molecule has 1 N–H and O–H groups in total. The summed E-state index contributed by atoms with van der Waals surface area (Å²) in [5.74, 6) is 1.45. The number of carbonyl (C=O) groups excluding carboxylic acids is 1. The van der Waals surface area contributed by atoms with Crippen LogP contribution in [0.4, 0.5) is 0 Å². The van der Waals surface area contributed by atoms with Gasteiger partial charge in [-0.3, -0.25) is 9.69 Å². The van der Waals surface area contributed by atoms with Crippen molar-refractivity contribution in [3.8, 4) is 11.5 Å². The van der Waals surface area contributed by atoms with Crippen molar-refractivity contribution in [2.45, 2.75) is 33.4 Å². The summed E-state index contributed by atoms with van der Waals surface area (Å²) in [6.45, 7) is 8.40. The number of carbonyl (C=O) groups is 1. The normalized spacial score (nSPS) is 11.9. The lowest BCUT2D eigenvalue weighted by molar-refractivity contribution is -0.122. The third-order valence-electron chi connectivity index (χ3n) is 5.29. The van der Waals surface area contributed by atoms with E-state index in [0.717, 1.165) is 28.3 Å². The van der Waals surface area contributed by atoms with Gasteiger partial charge >= 0.3 is 0 Å². The van der Waals surface area contributed by atoms with Gasteiger partial charge in [-0.2, -0.15) is 0 Å². The predicted molar refractivity (Wildman–Crippen MR) is 131 cm³/mol. The fraction of sp³-hybridized carbons (Fsp3) is 0.346. The van der Waals surface area contributed by atoms with Gasteiger partial charge in [-0.25, -0.2) is 0 Å². The smallest absolute Gasteiger partial charge is 0.234 e. The summed E-state index contributed by atoms with van der Waals surface area (Å²) in [5.41, 5.74) is 3.37. The van der Waals surface area contributed by atoms with Crippen molar-refractivity contribution in [1.29, 1.82) is 0 Å². The lowest BCUT2D eigenvalue weighted by Crippen LogP contribution is -2.38. The van der Waals surface area contributed by atoms with E-state index < -0.39 is 0 Å². The number of likely N-dealkylation sites (N-methyl/N-ethyl adjacent to an activating group) is 1. The molecular formula is C26H32N2O3S. The monoisotopic (exact) mass is 452 g/mol. The lowest BCUT2D eigenvalue weighted by Gasteiger charge is -2.23. The molecule has 0 aliphatic carbocycles. The fourth-order valence-corrected chi connectivity index (χ4v) is 4.37. The first-order chi connectivity index (χ1) is 15.5. The van der Waals surface area contributed by atoms with Gasteiger partial charge < -0.3 is 14.8 Å². The number of methoxy groups -OCH3 is 1. The van der Waals surface area contributed by atoms with E-state index in [2.05, 4.69) is 54.4 Å². The molecular weight excluding hydrogens is 420 g/mol. The molecule has 2 aromatic carbocycles. The van der Waals surface area contributed by atoms with E-state index in [1.165, 1.54) is 5.56 Å². The lowest BCUT2D eigenvalue weighted by atomic mass is 10.0. The molecule has 1 unspecified atom stereocenters. The van der Waals surface area contributed by atoms with E-state index in [1.807, 2.05) is 36.6 Å². The molecule has 3 rings (SSSR count). The van der Waals surface area contributed by atoms with E-state index in [4.69, 9.17) is 9.47 Å². The predicted octanol–water partition coefficient (Wildman–Crippen LogP) is 5.19. The summed E-state index contributed by atoms with van der Waals surface area (Å²) in [6.07, 6.45) is 0. The van der Waals surface area contributed by atoms with Gasteiger partial charge in [-0.1, -0.05) is 48.9 Å². The second-order valence-corrected chi connectivity index (χ2v) is 8.63. The van der Waals surface area contributed by atoms with Crippen molar-refractivity contribution in [2.24, 2.45) is 0 Å². The van der Waals surface area contributed by atoms with Gasteiger partial charge in [0, 0.05) is 11.4 Å². The number of ether oxygens (including phenoxy) is 2. The number of amides is 1. The molecule has 170 valence electrons. The third-order valence-corrected chi connectivity index (χ3v) is 6.23. The standard InChI is InChI=1S/C26H32N2O3S/c1-5-28(17-20-11-14-22(31-6-2)23(16-20)30-4)18-25(29)27-26(24-8-7-15-32-24)21-12-9-19(3)10-13-21/h7-16,26H,5-6,17-18H2,1-4H3,(H,27,29). The minimum absolute atomic E-state index is 0.00345. The molecule has 5 nitrogen and oxygen atoms in total. The highest BCUT2D eigenvalue weighted by molar-refractivity contribution is 7.10. The first-order valence-electron chi connectivity index (χ1n) is 10.9. The van der Waals surface area contributed by atoms with Crippen LogP contribution in [0.5, 0.6) is 11.5 Å². The van der Waals surface area contributed by atoms with Crippen LogP contribution >= 0.6 is 11.3 Å². The zero-order chi connectivity index (χ0) is 22.9. The number of nitrogens with zero attached hydrogens (tertiary/aromatic N) is 1. The molecule has 0 fully saturated rings. The Hall–Kier alpha value is -2.83. The van der Waals surface area contributed by atoms with Crippen molar-refractivity contribution < 1.29 is 14.3 Å². The highest BCUT2D eigenvalue weighted by Crippen LogP contribution is 2.29. The Morgan fingerprint density at radius 3 is 2.50 bits per heavy atom. The van der Waals surface area contributed by atoms with Crippen molar-refractivity contribution in [2.75, 3.05) is 26.8 Å². The van der Waals surface area contributed by atoms with Crippen LogP contribution in [0.15, 0.2) is 60.0 Å². The third kappa shape index (κ3) is 6.34. The van der Waals surface area contributed by atoms with Gasteiger partial charge in [0.05, 0.1) is 26.3 Å². The highest BCUT2D eigenvalue weighted by atomic mass is 32.1. The average molecular weight is 453 g/mol. The number of aryl methyl sites for hydroxylation is 1. The quantitative estimate of drug-likeness (QED) is 0.435. The number of hydrogen-bond acceptors (Lipinski definition) is 5. The van der Waals surface area contributed by atoms with Gasteiger partial charge in [0.25, 0.3) is 0 Å². The Labute approximate surface area is 195 Å². The zero-order valence-corrected chi connectivity index (χ0v) is 20.1. The molecule has 32 heavy (non-hydrogen) atoms. The van der Waals surface area contributed by atoms with Gasteiger partial charge in [0.15, 0.2) is 11.5 Å². The van der Waals surface area contributed by atoms with Gasteiger partial charge in [0.1, 0.15) is 0 Å². The molecule has 1 aromatic heterocycles. The summed E-state index contributed by atoms with van der Waals surface area (Å²) in [4.78, 5) is 16.3. The van der Waals surface area contributed by atoms with Crippen molar-refractivity contribution in [3.63, 3.8) is 0 Å². The van der Waals surface area contributed by atoms with Crippen LogP contribution in [0.2, 0.25) is 0 Å². The maximum atomic E-state index is 13.0. The SMILES string of the molecule is CCOc1ccc(CN(CC)CC(=O)NC(c2ccc(C)cc2)c2cccs2)cc1OC. The molecule has 0 saturated carbocycles. The molecule has 1 atom stereocenters. The molecule has 1 heterocycles. The number of thiophene rings is 1. The summed E-state index contributed by atoms with van der Waals surface area (Å²) in [7, 11) is 1.64. The van der Waals surface area contributed by atoms with Crippen LogP contribution in [0.25, 0.3) is 0 Å². The molecule has 0 bridgehead atoms. The maximum absolute atomic E-state index is 13.0. The summed E-state index contributed by atoms with van der Waals surface area (Å²) >= 11 is 1.65. The number of hydrogen-bond donors (Lipinski definition) is 1. The topological polar surface area (TPSA) is 50.8 Å². The maximum Gasteiger partial charge on any atom is 0.234 e. The number of nitrogens with one attached hydrogen (secondary N) is 1. The first kappa shape index (κ1) is 23.8. The minimum Gasteiger partial charge on any atom is -0.493 e. The largest absolute Gasteiger partial charge is 0.493 e. The Kier molecular flexibility index (Phi) is 8.71. The minimum atomic E-state index is -0.146. The van der Waals surface area contributed by atoms with E-state index in [1.54, 1.807) is 18.4 Å². The van der Waals surface area contributed by atoms with Crippen molar-refractivity contribution in [1.82, 2.24) is 10.2 Å². The van der Waals surface area contributed by atoms with Gasteiger partial charge in [0.2, 0.25) is 5.91 Å². The summed E-state index contributed by atoms with van der Waals surface area (Å²) < 4.78 is 11.1. The first-order valence-corrected chi connectivity index (χ1v) is 11.8. The van der Waals surface area contributed by atoms with Crippen LogP contribution < -0.4 is 14.8 Å². The van der Waals surface area contributed by atoms with Crippen LogP contribution in [-0.2, 0) is 11.3 Å². The molecule has 0 spiro atoms. The average Bonchev–Trinajstić information content (AvgIpc) is 3.33. The van der Waals surface area contributed by atoms with E-state index >= 15 is 0 Å². The molecule has 1 amide bonds. The van der Waals surface area contributed by atoms with Crippen LogP contribution in [0.3, 0.4) is 0 Å². The van der Waals surface area contributed by atoms with Crippen LogP contribution in [-0.4, -0.2) is 37.6 Å². The second-order valence-electron chi connectivity index (χ2n) is 7.65. The second kappa shape index (κ2) is 11.7. The van der Waals surface area contributed by atoms with E-state index in [-0.39, 0.29) is 11.9 Å². The van der Waals surface area contributed by atoms with Crippen LogP contribution in [0.1, 0.15) is 41.5 Å². The van der Waals surface area contributed by atoms with Gasteiger partial charge in [-0.15, -0.1) is 11.3 Å². The molecule has 6 heteroatoms. The van der Waals surface area contributed by atoms with E-state index in [0.29, 0.717) is 25.4 Å². The Balaban J connectivity index is 1.69. The molecule has 0 saturated heterocycles. The zero-order valence-electron chi connectivity index (χ0n) is 19.3. The Bertz CT molecular complexity index is 987. The molecule has 3 aromatic rings. The molecule has 0 aliphatic heterocycles. The van der Waals surface area contributed by atoms with Gasteiger partial charge in [-0.05, 0) is 55.1 Å². The Morgan fingerprint density at radius 2 is 1.88 bits per heavy atom. The van der Waals surface area contributed by atoms with E-state index in [9.17, 15) is 4.79 Å². The fourth-order valence-electron chi connectivity index (χ4n) is 3.57. The number of benzene rings is 2. The summed E-state index contributed by atoms with van der Waals surface area (Å²) in [5, 5.41) is 5.28. The van der Waals surface area contributed by atoms with Crippen LogP contribution in [0, 0.1) is 6.92 Å². The number of rotatable bonds is 11. The molecule has 0 radical (unpaired) electrons. The van der Waals surface area contributed by atoms with Crippen molar-refractivity contribution in [3.05, 3.63) is 81.5 Å². The Morgan fingerprint density at radius 1 is 1.09 bits per heavy atom. The highest BCUT2D eigenvalue weighted by Gasteiger charge is 2.19. The van der Waals surface area contributed by atoms with Crippen molar-refractivity contribution >= 4 is 17.2 Å².